The number of hydrogen-bond donors (Lipinski definition) is 0. The monoisotopic (exact) mass is 448 g/mol. The normalized spacial score (nSPS) is 14.8. The molecule has 2 heterocycles. The summed E-state index contributed by atoms with van der Waals surface area (Å²) < 4.78 is 33.0. The number of aromatic nitrogens is 3. The molecule has 1 aliphatic rings. The molecule has 30 heavy (non-hydrogen) atoms. The predicted octanol–water partition coefficient (Wildman–Crippen LogP) is 2.04. The van der Waals surface area contributed by atoms with E-state index < -0.39 is 28.3 Å². The van der Waals surface area contributed by atoms with Gasteiger partial charge in [-0.2, -0.15) is 8.99 Å². The van der Waals surface area contributed by atoms with Gasteiger partial charge in [-0.3, -0.25) is 4.79 Å². The van der Waals surface area contributed by atoms with Crippen molar-refractivity contribution >= 4 is 38.5 Å². The molecule has 9 nitrogen and oxygen atoms in total. The number of ether oxygens (including phenoxy) is 1. The first-order chi connectivity index (χ1) is 14.4. The largest absolute Gasteiger partial charge is 0.439 e. The smallest absolute Gasteiger partial charge is 0.339 e. The molecule has 1 aliphatic heterocycles. The van der Waals surface area contributed by atoms with E-state index in [-0.39, 0.29) is 15.5 Å². The minimum Gasteiger partial charge on any atom is -0.439 e. The van der Waals surface area contributed by atoms with Crippen molar-refractivity contribution in [3.05, 3.63) is 63.4 Å². The summed E-state index contributed by atoms with van der Waals surface area (Å²) >= 11 is 6.09. The Labute approximate surface area is 176 Å². The average molecular weight is 449 g/mol. The Hall–Kier alpha value is -2.82. The van der Waals surface area contributed by atoms with E-state index in [0.29, 0.717) is 24.0 Å². The Kier molecular flexibility index (Phi) is 5.54. The molecule has 0 spiro atoms. The van der Waals surface area contributed by atoms with Crippen molar-refractivity contribution in [3.63, 3.8) is 0 Å². The van der Waals surface area contributed by atoms with Crippen LogP contribution in [0.15, 0.2) is 52.2 Å². The van der Waals surface area contributed by atoms with Crippen molar-refractivity contribution in [3.8, 4) is 0 Å². The lowest BCUT2D eigenvalue weighted by molar-refractivity contribution is 0.0336. The molecule has 0 bridgehead atoms. The first-order valence-electron chi connectivity index (χ1n) is 9.17. The van der Waals surface area contributed by atoms with E-state index in [1.54, 1.807) is 24.3 Å². The number of carbonyl (C=O) groups excluding carboxylic acids is 1. The van der Waals surface area contributed by atoms with Gasteiger partial charge in [-0.15, -0.1) is 5.10 Å². The van der Waals surface area contributed by atoms with Crippen LogP contribution in [0.1, 0.15) is 23.2 Å². The van der Waals surface area contributed by atoms with E-state index >= 15 is 0 Å². The van der Waals surface area contributed by atoms with Gasteiger partial charge in [0.1, 0.15) is 10.4 Å². The van der Waals surface area contributed by atoms with Gasteiger partial charge in [0, 0.05) is 13.1 Å². The molecular formula is C19H17ClN4O5S. The van der Waals surface area contributed by atoms with Crippen LogP contribution < -0.4 is 5.56 Å². The molecule has 0 saturated carbocycles. The van der Waals surface area contributed by atoms with Crippen LogP contribution in [0.5, 0.6) is 0 Å². The summed E-state index contributed by atoms with van der Waals surface area (Å²) in [6.45, 7) is 0.361. The Bertz CT molecular complexity index is 1290. The summed E-state index contributed by atoms with van der Waals surface area (Å²) in [4.78, 5) is 24.7. The molecule has 3 aromatic rings. The number of carbonyl (C=O) groups is 1. The molecule has 1 saturated heterocycles. The van der Waals surface area contributed by atoms with E-state index in [1.165, 1.54) is 22.5 Å². The van der Waals surface area contributed by atoms with Crippen LogP contribution in [0.25, 0.3) is 10.9 Å². The van der Waals surface area contributed by atoms with Gasteiger partial charge in [0.2, 0.25) is 10.0 Å². The Morgan fingerprint density at radius 3 is 2.63 bits per heavy atom. The maximum atomic E-state index is 12.8. The van der Waals surface area contributed by atoms with Gasteiger partial charge in [0.25, 0.3) is 5.56 Å². The summed E-state index contributed by atoms with van der Waals surface area (Å²) in [5.41, 5.74) is -0.0275. The standard InChI is InChI=1S/C19H17ClN4O5S/c20-15-8-7-13(11-17(15)30(27,28)23-9-3-4-10-23)19(26)29-12-24-18(25)14-5-1-2-6-16(14)21-22-24/h1-2,5-8,11H,3-4,9-10,12H2. The van der Waals surface area contributed by atoms with Crippen molar-refractivity contribution in [2.75, 3.05) is 13.1 Å². The highest BCUT2D eigenvalue weighted by Crippen LogP contribution is 2.28. The molecule has 1 fully saturated rings. The van der Waals surface area contributed by atoms with Gasteiger partial charge >= 0.3 is 5.97 Å². The first kappa shape index (κ1) is 20.5. The fraction of sp³-hybridized carbons (Fsp3) is 0.263. The van der Waals surface area contributed by atoms with Crippen LogP contribution in [0, 0.1) is 0 Å². The average Bonchev–Trinajstić information content (AvgIpc) is 3.29. The summed E-state index contributed by atoms with van der Waals surface area (Å²) in [5, 5.41) is 8.03. The predicted molar refractivity (Wildman–Crippen MR) is 109 cm³/mol. The van der Waals surface area contributed by atoms with Crippen LogP contribution >= 0.6 is 11.6 Å². The number of benzene rings is 2. The Morgan fingerprint density at radius 1 is 1.13 bits per heavy atom. The fourth-order valence-electron chi connectivity index (χ4n) is 3.21. The topological polar surface area (TPSA) is 111 Å². The van der Waals surface area contributed by atoms with Crippen molar-refractivity contribution in [1.29, 1.82) is 0 Å². The lowest BCUT2D eigenvalue weighted by atomic mass is 10.2. The number of fused-ring (bicyclic) bond motifs is 1. The molecule has 0 atom stereocenters. The molecule has 0 unspecified atom stereocenters. The Morgan fingerprint density at radius 2 is 1.87 bits per heavy atom. The molecular weight excluding hydrogens is 432 g/mol. The van der Waals surface area contributed by atoms with E-state index in [2.05, 4.69) is 10.3 Å². The summed E-state index contributed by atoms with van der Waals surface area (Å²) in [6.07, 6.45) is 1.56. The number of esters is 1. The van der Waals surface area contributed by atoms with Gasteiger partial charge in [0.15, 0.2) is 6.73 Å². The third-order valence-corrected chi connectivity index (χ3v) is 7.18. The highest BCUT2D eigenvalue weighted by Gasteiger charge is 2.30. The van der Waals surface area contributed by atoms with Crippen molar-refractivity contribution in [2.24, 2.45) is 0 Å². The highest BCUT2D eigenvalue weighted by molar-refractivity contribution is 7.89. The minimum atomic E-state index is -3.81. The minimum absolute atomic E-state index is 0.000954. The van der Waals surface area contributed by atoms with Gasteiger partial charge in [-0.25, -0.2) is 13.2 Å². The molecule has 4 rings (SSSR count). The van der Waals surface area contributed by atoms with Crippen LogP contribution in [0.3, 0.4) is 0 Å². The molecule has 11 heteroatoms. The zero-order valence-corrected chi connectivity index (χ0v) is 17.3. The second kappa shape index (κ2) is 8.13. The summed E-state index contributed by atoms with van der Waals surface area (Å²) in [5.74, 6) is -0.814. The molecule has 0 amide bonds. The molecule has 0 radical (unpaired) electrons. The van der Waals surface area contributed by atoms with E-state index in [1.807, 2.05) is 0 Å². The Balaban J connectivity index is 1.56. The first-order valence-corrected chi connectivity index (χ1v) is 11.0. The van der Waals surface area contributed by atoms with E-state index in [0.717, 1.165) is 17.5 Å². The maximum Gasteiger partial charge on any atom is 0.339 e. The molecule has 156 valence electrons. The maximum absolute atomic E-state index is 12.8. The van der Waals surface area contributed by atoms with Crippen LogP contribution in [0.2, 0.25) is 5.02 Å². The second-order valence-corrected chi connectivity index (χ2v) is 9.04. The third kappa shape index (κ3) is 3.81. The quantitative estimate of drug-likeness (QED) is 0.549. The SMILES string of the molecule is O=C(OCn1nnc2ccccc2c1=O)c1ccc(Cl)c(S(=O)(=O)N2CCCC2)c1. The molecule has 2 aromatic carbocycles. The number of sulfonamides is 1. The third-order valence-electron chi connectivity index (χ3n) is 4.80. The number of nitrogens with zero attached hydrogens (tertiary/aromatic N) is 4. The van der Waals surface area contributed by atoms with Crippen molar-refractivity contribution < 1.29 is 17.9 Å². The number of hydrogen-bond acceptors (Lipinski definition) is 7. The molecule has 1 aromatic heterocycles. The highest BCUT2D eigenvalue weighted by atomic mass is 35.5. The van der Waals surface area contributed by atoms with Gasteiger partial charge in [-0.05, 0) is 43.2 Å². The van der Waals surface area contributed by atoms with Gasteiger partial charge in [-0.1, -0.05) is 28.9 Å². The second-order valence-electron chi connectivity index (χ2n) is 6.73. The van der Waals surface area contributed by atoms with E-state index in [9.17, 15) is 18.0 Å². The fourth-order valence-corrected chi connectivity index (χ4v) is 5.22. The molecule has 0 aliphatic carbocycles. The van der Waals surface area contributed by atoms with Crippen molar-refractivity contribution in [2.45, 2.75) is 24.5 Å². The van der Waals surface area contributed by atoms with E-state index in [4.69, 9.17) is 16.3 Å². The van der Waals surface area contributed by atoms with Crippen LogP contribution in [-0.2, 0) is 21.5 Å². The zero-order valence-electron chi connectivity index (χ0n) is 15.7. The zero-order chi connectivity index (χ0) is 21.3. The molecule has 0 N–H and O–H groups in total. The van der Waals surface area contributed by atoms with Crippen molar-refractivity contribution in [1.82, 2.24) is 19.3 Å². The van der Waals surface area contributed by atoms with Gasteiger partial charge < -0.3 is 4.74 Å². The van der Waals surface area contributed by atoms with Crippen LogP contribution in [0.4, 0.5) is 0 Å². The lowest BCUT2D eigenvalue weighted by Crippen LogP contribution is -2.28. The van der Waals surface area contributed by atoms with Crippen LogP contribution in [-0.4, -0.2) is 46.8 Å². The summed E-state index contributed by atoms with van der Waals surface area (Å²) in [6, 6.07) is 10.6. The summed E-state index contributed by atoms with van der Waals surface area (Å²) in [7, 11) is -3.81. The van der Waals surface area contributed by atoms with Gasteiger partial charge in [0.05, 0.1) is 16.0 Å². The number of rotatable bonds is 5. The lowest BCUT2D eigenvalue weighted by Gasteiger charge is -2.17. The number of halogens is 1.